The monoisotopic (exact) mass is 431 g/mol. The Hall–Kier alpha value is -3.16. The van der Waals surface area contributed by atoms with Gasteiger partial charge in [-0.2, -0.15) is 0 Å². The molecular formula is C23H27F2N3O3. The third-order valence-corrected chi connectivity index (χ3v) is 5.77. The van der Waals surface area contributed by atoms with Gasteiger partial charge in [0.25, 0.3) is 11.8 Å². The predicted molar refractivity (Wildman–Crippen MR) is 112 cm³/mol. The van der Waals surface area contributed by atoms with Gasteiger partial charge in [-0.15, -0.1) is 0 Å². The molecule has 2 amide bonds. The number of rotatable bonds is 6. The number of ether oxygens (including phenoxy) is 1. The third kappa shape index (κ3) is 4.06. The van der Waals surface area contributed by atoms with Crippen LogP contribution >= 0.6 is 0 Å². The van der Waals surface area contributed by atoms with Gasteiger partial charge in [-0.1, -0.05) is 19.6 Å². The molecule has 0 radical (unpaired) electrons. The Morgan fingerprint density at radius 1 is 1.35 bits per heavy atom. The molecule has 166 valence electrons. The molecule has 0 aliphatic carbocycles. The Labute approximate surface area is 180 Å². The first kappa shape index (κ1) is 22.5. The van der Waals surface area contributed by atoms with E-state index in [1.165, 1.54) is 13.2 Å². The number of nitrogens with one attached hydrogen (secondary N) is 1. The van der Waals surface area contributed by atoms with Gasteiger partial charge in [0.2, 0.25) is 0 Å². The first-order valence-corrected chi connectivity index (χ1v) is 10.2. The van der Waals surface area contributed by atoms with Crippen LogP contribution < -0.4 is 5.32 Å². The molecular weight excluding hydrogens is 404 g/mol. The van der Waals surface area contributed by atoms with Crippen LogP contribution in [0.25, 0.3) is 0 Å². The highest BCUT2D eigenvalue weighted by Gasteiger charge is 2.42. The van der Waals surface area contributed by atoms with Crippen LogP contribution in [-0.2, 0) is 20.9 Å². The number of nitrogens with zero attached hydrogens (tertiary/aromatic N) is 2. The largest absolute Gasteiger partial charge is 0.494 e. The molecule has 0 saturated carbocycles. The van der Waals surface area contributed by atoms with Crippen molar-refractivity contribution in [1.82, 2.24) is 15.1 Å². The van der Waals surface area contributed by atoms with Crippen LogP contribution in [0, 0.1) is 17.6 Å². The lowest BCUT2D eigenvalue weighted by atomic mass is 9.92. The van der Waals surface area contributed by atoms with Crippen LogP contribution in [0.3, 0.4) is 0 Å². The molecule has 2 aliphatic heterocycles. The van der Waals surface area contributed by atoms with E-state index >= 15 is 0 Å². The molecule has 1 aromatic rings. The van der Waals surface area contributed by atoms with Gasteiger partial charge in [0.15, 0.2) is 11.5 Å². The number of carbonyl (C=O) groups excluding carboxylic acids is 2. The standard InChI is InChI=1S/C23H27F2N3O3/c1-6-27(4)23(30)20-21(31-5)14(3)18(19-13(2)9-10-28(19)20)22(29)26-12-15-7-8-16(24)11-17(15)25/h7-8,11,13H,3,6,9-10,12H2,1-2,4-5H3,(H,26,29). The van der Waals surface area contributed by atoms with Gasteiger partial charge in [-0.25, -0.2) is 8.78 Å². The van der Waals surface area contributed by atoms with Gasteiger partial charge in [-0.3, -0.25) is 9.59 Å². The SMILES string of the molecule is C=C1C(OC)=C(C(=O)N(C)CC)N2CCC(C)C2=C1C(=O)NCc1ccc(F)cc1F. The maximum atomic E-state index is 14.0. The highest BCUT2D eigenvalue weighted by Crippen LogP contribution is 2.43. The zero-order chi connectivity index (χ0) is 22.9. The number of fused-ring (bicyclic) bond motifs is 1. The number of hydrogen-bond donors (Lipinski definition) is 1. The van der Waals surface area contributed by atoms with Crippen molar-refractivity contribution in [2.24, 2.45) is 5.92 Å². The molecule has 1 unspecified atom stereocenters. The van der Waals surface area contributed by atoms with Crippen molar-refractivity contribution < 1.29 is 23.1 Å². The zero-order valence-electron chi connectivity index (χ0n) is 18.2. The van der Waals surface area contributed by atoms with Crippen LogP contribution in [0.2, 0.25) is 0 Å². The van der Waals surface area contributed by atoms with Crippen LogP contribution in [-0.4, -0.2) is 48.9 Å². The average Bonchev–Trinajstić information content (AvgIpc) is 3.11. The number of benzene rings is 1. The molecule has 0 spiro atoms. The van der Waals surface area contributed by atoms with Crippen molar-refractivity contribution in [3.63, 3.8) is 0 Å². The molecule has 2 aliphatic rings. The summed E-state index contributed by atoms with van der Waals surface area (Å²) in [6.45, 7) is 8.88. The van der Waals surface area contributed by atoms with E-state index in [2.05, 4.69) is 11.9 Å². The second-order valence-corrected chi connectivity index (χ2v) is 7.70. The average molecular weight is 431 g/mol. The Bertz CT molecular complexity index is 1000. The fourth-order valence-corrected chi connectivity index (χ4v) is 3.93. The zero-order valence-corrected chi connectivity index (χ0v) is 18.2. The van der Waals surface area contributed by atoms with Gasteiger partial charge < -0.3 is 19.9 Å². The Kier molecular flexibility index (Phi) is 6.48. The number of amides is 2. The molecule has 3 rings (SSSR count). The minimum atomic E-state index is -0.732. The lowest BCUT2D eigenvalue weighted by Gasteiger charge is -2.34. The fourth-order valence-electron chi connectivity index (χ4n) is 3.93. The first-order valence-electron chi connectivity index (χ1n) is 10.2. The second kappa shape index (κ2) is 8.91. The number of allylic oxidation sites excluding steroid dienone is 2. The fraction of sp³-hybridized carbons (Fsp3) is 0.391. The lowest BCUT2D eigenvalue weighted by Crippen LogP contribution is -2.40. The number of hydrogen-bond acceptors (Lipinski definition) is 4. The highest BCUT2D eigenvalue weighted by molar-refractivity contribution is 6.03. The molecule has 1 aromatic carbocycles. The molecule has 0 bridgehead atoms. The Morgan fingerprint density at radius 2 is 2.06 bits per heavy atom. The van der Waals surface area contributed by atoms with Crippen molar-refractivity contribution in [3.05, 3.63) is 70.3 Å². The normalized spacial score (nSPS) is 18.3. The summed E-state index contributed by atoms with van der Waals surface area (Å²) < 4.78 is 32.6. The minimum absolute atomic E-state index is 0.0215. The van der Waals surface area contributed by atoms with Crippen LogP contribution in [0.4, 0.5) is 8.78 Å². The minimum Gasteiger partial charge on any atom is -0.494 e. The van der Waals surface area contributed by atoms with Crippen molar-refractivity contribution in [1.29, 1.82) is 0 Å². The molecule has 1 N–H and O–H groups in total. The number of halogens is 2. The van der Waals surface area contributed by atoms with Crippen molar-refractivity contribution >= 4 is 11.8 Å². The molecule has 8 heteroatoms. The molecule has 31 heavy (non-hydrogen) atoms. The summed E-state index contributed by atoms with van der Waals surface area (Å²) in [5.41, 5.74) is 1.88. The maximum Gasteiger partial charge on any atom is 0.274 e. The summed E-state index contributed by atoms with van der Waals surface area (Å²) in [4.78, 5) is 29.6. The van der Waals surface area contributed by atoms with E-state index in [0.717, 1.165) is 18.6 Å². The van der Waals surface area contributed by atoms with Gasteiger partial charge >= 0.3 is 0 Å². The highest BCUT2D eigenvalue weighted by atomic mass is 19.1. The molecule has 2 heterocycles. The van der Waals surface area contributed by atoms with Crippen molar-refractivity contribution in [3.8, 4) is 0 Å². The van der Waals surface area contributed by atoms with Gasteiger partial charge in [0.05, 0.1) is 12.7 Å². The van der Waals surface area contributed by atoms with E-state index in [9.17, 15) is 18.4 Å². The second-order valence-electron chi connectivity index (χ2n) is 7.70. The van der Waals surface area contributed by atoms with Crippen LogP contribution in [0.1, 0.15) is 25.8 Å². The maximum absolute atomic E-state index is 14.0. The van der Waals surface area contributed by atoms with Crippen LogP contribution in [0.5, 0.6) is 0 Å². The summed E-state index contributed by atoms with van der Waals surface area (Å²) in [7, 11) is 3.14. The molecule has 1 atom stereocenters. The number of methoxy groups -OCH3 is 1. The predicted octanol–water partition coefficient (Wildman–Crippen LogP) is 3.08. The van der Waals surface area contributed by atoms with E-state index in [1.54, 1.807) is 11.9 Å². The summed E-state index contributed by atoms with van der Waals surface area (Å²) in [5.74, 6) is -1.80. The molecule has 6 nitrogen and oxygen atoms in total. The van der Waals surface area contributed by atoms with E-state index in [4.69, 9.17) is 4.74 Å². The summed E-state index contributed by atoms with van der Waals surface area (Å²) in [6.07, 6.45) is 0.760. The third-order valence-electron chi connectivity index (χ3n) is 5.77. The smallest absolute Gasteiger partial charge is 0.274 e. The molecule has 0 aromatic heterocycles. The summed E-state index contributed by atoms with van der Waals surface area (Å²) in [5, 5.41) is 2.69. The molecule has 1 saturated heterocycles. The Morgan fingerprint density at radius 3 is 2.68 bits per heavy atom. The number of carbonyl (C=O) groups is 2. The van der Waals surface area contributed by atoms with E-state index in [1.807, 2.05) is 18.7 Å². The van der Waals surface area contributed by atoms with Crippen LogP contribution in [0.15, 0.2) is 53.1 Å². The van der Waals surface area contributed by atoms with E-state index in [-0.39, 0.29) is 29.7 Å². The first-order chi connectivity index (χ1) is 14.7. The quantitative estimate of drug-likeness (QED) is 0.752. The van der Waals surface area contributed by atoms with Gasteiger partial charge in [0, 0.05) is 49.6 Å². The van der Waals surface area contributed by atoms with Gasteiger partial charge in [-0.05, 0) is 25.3 Å². The van der Waals surface area contributed by atoms with E-state index in [0.29, 0.717) is 35.6 Å². The summed E-state index contributed by atoms with van der Waals surface area (Å²) in [6, 6.07) is 3.21. The Balaban J connectivity index is 1.96. The van der Waals surface area contributed by atoms with Gasteiger partial charge in [0.1, 0.15) is 11.6 Å². The van der Waals surface area contributed by atoms with Crippen molar-refractivity contribution in [2.75, 3.05) is 27.2 Å². The van der Waals surface area contributed by atoms with Crippen molar-refractivity contribution in [2.45, 2.75) is 26.8 Å². The summed E-state index contributed by atoms with van der Waals surface area (Å²) >= 11 is 0. The number of likely N-dealkylation sites (N-methyl/N-ethyl adjacent to an activating group) is 1. The molecule has 1 fully saturated rings. The lowest BCUT2D eigenvalue weighted by molar-refractivity contribution is -0.127. The topological polar surface area (TPSA) is 61.9 Å². The van der Waals surface area contributed by atoms with E-state index < -0.39 is 17.5 Å².